The lowest BCUT2D eigenvalue weighted by molar-refractivity contribution is -0.116. The van der Waals surface area contributed by atoms with Crippen LogP contribution in [0.3, 0.4) is 0 Å². The van der Waals surface area contributed by atoms with E-state index in [9.17, 15) is 4.79 Å². The van der Waals surface area contributed by atoms with Crippen LogP contribution in [-0.2, 0) is 4.79 Å². The number of amides is 1. The molecule has 0 aliphatic carbocycles. The molecule has 1 aliphatic heterocycles. The number of hydrogen-bond donors (Lipinski definition) is 1. The van der Waals surface area contributed by atoms with Gasteiger partial charge in [0.1, 0.15) is 11.6 Å². The summed E-state index contributed by atoms with van der Waals surface area (Å²) in [5.41, 5.74) is 3.96. The van der Waals surface area contributed by atoms with E-state index in [4.69, 9.17) is 19.3 Å². The van der Waals surface area contributed by atoms with Gasteiger partial charge in [0.15, 0.2) is 11.5 Å². The molecule has 1 aliphatic rings. The quantitative estimate of drug-likeness (QED) is 0.418. The van der Waals surface area contributed by atoms with Crippen molar-refractivity contribution < 1.29 is 19.0 Å². The lowest BCUT2D eigenvalue weighted by atomic mass is 9.85. The first kappa shape index (κ1) is 23.3. The first-order valence-electron chi connectivity index (χ1n) is 11.6. The third-order valence-electron chi connectivity index (χ3n) is 6.12. The van der Waals surface area contributed by atoms with E-state index in [1.165, 1.54) is 4.68 Å². The predicted molar refractivity (Wildman–Crippen MR) is 133 cm³/mol. The van der Waals surface area contributed by atoms with Crippen LogP contribution < -0.4 is 19.5 Å². The topological polar surface area (TPSA) is 113 Å². The number of nitrogens with one attached hydrogen (secondary N) is 1. The van der Waals surface area contributed by atoms with Gasteiger partial charge in [-0.1, -0.05) is 12.1 Å². The number of carbonyl (C=O) groups is 1. The van der Waals surface area contributed by atoms with Crippen LogP contribution in [0.4, 0.5) is 5.82 Å². The van der Waals surface area contributed by atoms with E-state index in [1.807, 2.05) is 56.3 Å². The third-order valence-corrected chi connectivity index (χ3v) is 6.12. The molecule has 0 bridgehead atoms. The summed E-state index contributed by atoms with van der Waals surface area (Å²) < 4.78 is 18.3. The summed E-state index contributed by atoms with van der Waals surface area (Å²) in [4.78, 5) is 17.6. The molecule has 0 fully saturated rings. The zero-order chi connectivity index (χ0) is 25.2. The smallest absolute Gasteiger partial charge is 0.272 e. The van der Waals surface area contributed by atoms with Gasteiger partial charge in [-0.05, 0) is 44.2 Å². The Kier molecular flexibility index (Phi) is 6.24. The molecular formula is C26H26N6O4. The van der Waals surface area contributed by atoms with Gasteiger partial charge >= 0.3 is 0 Å². The maximum absolute atomic E-state index is 12.9. The highest BCUT2D eigenvalue weighted by molar-refractivity contribution is 5.95. The van der Waals surface area contributed by atoms with Gasteiger partial charge in [-0.2, -0.15) is 14.9 Å². The van der Waals surface area contributed by atoms with Crippen molar-refractivity contribution in [2.45, 2.75) is 26.2 Å². The molecule has 3 heterocycles. The van der Waals surface area contributed by atoms with Crippen LogP contribution in [0.25, 0.3) is 17.2 Å². The second kappa shape index (κ2) is 9.65. The molecular weight excluding hydrogens is 460 g/mol. The molecule has 4 aromatic rings. The number of aryl methyl sites for hydroxylation is 1. The van der Waals surface area contributed by atoms with E-state index in [0.29, 0.717) is 29.6 Å². The monoisotopic (exact) mass is 486 g/mol. The Bertz CT molecular complexity index is 1420. The largest absolute Gasteiger partial charge is 0.497 e. The average molecular weight is 487 g/mol. The number of hydrogen-bond acceptors (Lipinski definition) is 8. The number of methoxy groups -OCH3 is 2. The van der Waals surface area contributed by atoms with E-state index < -0.39 is 0 Å². The van der Waals surface area contributed by atoms with Gasteiger partial charge in [-0.15, -0.1) is 5.10 Å². The normalized spacial score (nSPS) is 14.7. The van der Waals surface area contributed by atoms with E-state index >= 15 is 0 Å². The lowest BCUT2D eigenvalue weighted by Crippen LogP contribution is -2.25. The molecule has 184 valence electrons. The fourth-order valence-corrected chi connectivity index (χ4v) is 4.51. The molecule has 5 rings (SSSR count). The van der Waals surface area contributed by atoms with Crippen molar-refractivity contribution in [3.8, 4) is 34.5 Å². The minimum atomic E-state index is -0.281. The Morgan fingerprint density at radius 2 is 1.92 bits per heavy atom. The maximum atomic E-state index is 12.9. The Hall–Kier alpha value is -4.47. The standard InChI is InChI=1S/C26H26N6O4/c1-5-36-24-18(7-6-8-21(24)35-4)19-13-22(33)29-25-23(19)15(2)31-32(25)26-28-20(14-27-30-26)16-9-11-17(34-3)12-10-16/h6-12,14,19H,5,13H2,1-4H3,(H,29,33)/t19-/m1/s1. The number of ether oxygens (including phenoxy) is 3. The summed E-state index contributed by atoms with van der Waals surface area (Å²) in [5, 5.41) is 16.0. The zero-order valence-corrected chi connectivity index (χ0v) is 20.5. The van der Waals surface area contributed by atoms with Crippen LogP contribution in [0.1, 0.15) is 36.1 Å². The number of para-hydroxylation sites is 1. The highest BCUT2D eigenvalue weighted by atomic mass is 16.5. The number of anilines is 1. The van der Waals surface area contributed by atoms with Crippen LogP contribution >= 0.6 is 0 Å². The number of carbonyl (C=O) groups excluding carboxylic acids is 1. The molecule has 2 aromatic heterocycles. The first-order chi connectivity index (χ1) is 17.5. The van der Waals surface area contributed by atoms with Gasteiger partial charge in [0.25, 0.3) is 5.95 Å². The number of aromatic nitrogens is 5. The molecule has 0 saturated carbocycles. The second-order valence-electron chi connectivity index (χ2n) is 8.25. The van der Waals surface area contributed by atoms with Crippen molar-refractivity contribution in [3.63, 3.8) is 0 Å². The summed E-state index contributed by atoms with van der Waals surface area (Å²) in [6, 6.07) is 13.2. The molecule has 0 radical (unpaired) electrons. The molecule has 0 saturated heterocycles. The minimum absolute atomic E-state index is 0.141. The first-order valence-corrected chi connectivity index (χ1v) is 11.6. The molecule has 0 unspecified atom stereocenters. The van der Waals surface area contributed by atoms with E-state index in [1.54, 1.807) is 20.4 Å². The molecule has 10 nitrogen and oxygen atoms in total. The lowest BCUT2D eigenvalue weighted by Gasteiger charge is -2.26. The van der Waals surface area contributed by atoms with Crippen molar-refractivity contribution in [3.05, 3.63) is 65.5 Å². The molecule has 0 spiro atoms. The van der Waals surface area contributed by atoms with Crippen LogP contribution in [0, 0.1) is 6.92 Å². The van der Waals surface area contributed by atoms with Gasteiger partial charge in [-0.25, -0.2) is 4.98 Å². The van der Waals surface area contributed by atoms with Gasteiger partial charge in [0.2, 0.25) is 5.91 Å². The Morgan fingerprint density at radius 1 is 1.11 bits per heavy atom. The molecule has 1 N–H and O–H groups in total. The Morgan fingerprint density at radius 3 is 2.64 bits per heavy atom. The van der Waals surface area contributed by atoms with E-state index in [-0.39, 0.29) is 24.2 Å². The summed E-state index contributed by atoms with van der Waals surface area (Å²) in [6.45, 7) is 4.29. The second-order valence-corrected chi connectivity index (χ2v) is 8.25. The minimum Gasteiger partial charge on any atom is -0.497 e. The van der Waals surface area contributed by atoms with Crippen LogP contribution in [0.15, 0.2) is 48.7 Å². The van der Waals surface area contributed by atoms with Crippen molar-refractivity contribution in [2.75, 3.05) is 26.1 Å². The van der Waals surface area contributed by atoms with Crippen LogP contribution in [0.5, 0.6) is 17.2 Å². The van der Waals surface area contributed by atoms with Crippen LogP contribution in [0.2, 0.25) is 0 Å². The Balaban J connectivity index is 1.60. The third kappa shape index (κ3) is 4.10. The Labute approximate surface area is 208 Å². The van der Waals surface area contributed by atoms with E-state index in [2.05, 4.69) is 20.5 Å². The van der Waals surface area contributed by atoms with Gasteiger partial charge in [0.05, 0.1) is 38.4 Å². The molecule has 10 heteroatoms. The summed E-state index contributed by atoms with van der Waals surface area (Å²) in [6.07, 6.45) is 1.83. The fourth-order valence-electron chi connectivity index (χ4n) is 4.51. The zero-order valence-electron chi connectivity index (χ0n) is 20.5. The summed E-state index contributed by atoms with van der Waals surface area (Å²) >= 11 is 0. The maximum Gasteiger partial charge on any atom is 0.272 e. The number of fused-ring (bicyclic) bond motifs is 1. The average Bonchev–Trinajstić information content (AvgIpc) is 3.24. The van der Waals surface area contributed by atoms with Crippen LogP contribution in [-0.4, -0.2) is 51.7 Å². The summed E-state index contributed by atoms with van der Waals surface area (Å²) in [7, 11) is 3.22. The van der Waals surface area contributed by atoms with Gasteiger partial charge in [0, 0.05) is 29.0 Å². The van der Waals surface area contributed by atoms with Gasteiger partial charge < -0.3 is 19.5 Å². The molecule has 2 aromatic carbocycles. The van der Waals surface area contributed by atoms with Crippen molar-refractivity contribution in [1.82, 2.24) is 25.0 Å². The number of benzene rings is 2. The highest BCUT2D eigenvalue weighted by Crippen LogP contribution is 2.45. The molecule has 1 atom stereocenters. The summed E-state index contributed by atoms with van der Waals surface area (Å²) in [5.74, 6) is 2.34. The fraction of sp³-hybridized carbons (Fsp3) is 0.269. The van der Waals surface area contributed by atoms with E-state index in [0.717, 1.165) is 28.1 Å². The predicted octanol–water partition coefficient (Wildman–Crippen LogP) is 3.92. The number of nitrogens with zero attached hydrogens (tertiary/aromatic N) is 5. The SMILES string of the molecule is CCOc1c(OC)cccc1[C@H]1CC(=O)Nc2c1c(C)nn2-c1nncc(-c2ccc(OC)cc2)n1. The molecule has 1 amide bonds. The van der Waals surface area contributed by atoms with Crippen molar-refractivity contribution in [2.24, 2.45) is 0 Å². The van der Waals surface area contributed by atoms with Crippen molar-refractivity contribution >= 4 is 11.7 Å². The van der Waals surface area contributed by atoms with Crippen molar-refractivity contribution in [1.29, 1.82) is 0 Å². The molecule has 36 heavy (non-hydrogen) atoms. The van der Waals surface area contributed by atoms with Gasteiger partial charge in [-0.3, -0.25) is 4.79 Å². The highest BCUT2D eigenvalue weighted by Gasteiger charge is 2.35. The number of rotatable bonds is 7.